The Balaban J connectivity index is 0.000000366. The lowest BCUT2D eigenvalue weighted by Crippen LogP contribution is -2.20. The molecule has 5 heteroatoms. The number of hydrogen-bond donors (Lipinski definition) is 1. The minimum absolute atomic E-state index is 0.133. The maximum atomic E-state index is 10.4. The standard InChI is InChI=1S/C8H14O3.C4H10O2/c1-6-3-8(11-4-6)5-10-7(2)9;1-4(2,5)6-3/h6,8H,3-5H2,1-2H3;5H,1-3H3/t6?,8-;/m0./s1. The third kappa shape index (κ3) is 10.2. The molecule has 0 aromatic rings. The van der Waals surface area contributed by atoms with E-state index >= 15 is 0 Å². The van der Waals surface area contributed by atoms with E-state index in [1.54, 1.807) is 13.8 Å². The van der Waals surface area contributed by atoms with Crippen LogP contribution in [0.25, 0.3) is 0 Å². The summed E-state index contributed by atoms with van der Waals surface area (Å²) in [5.41, 5.74) is 0. The average Bonchev–Trinajstić information content (AvgIpc) is 2.61. The van der Waals surface area contributed by atoms with Crippen LogP contribution in [0.4, 0.5) is 0 Å². The second kappa shape index (κ2) is 7.63. The fourth-order valence-corrected chi connectivity index (χ4v) is 1.21. The molecule has 0 amide bonds. The molecule has 17 heavy (non-hydrogen) atoms. The first-order valence-electron chi connectivity index (χ1n) is 5.77. The van der Waals surface area contributed by atoms with Gasteiger partial charge in [0.05, 0.1) is 6.10 Å². The number of methoxy groups -OCH3 is 1. The Morgan fingerprint density at radius 2 is 2.06 bits per heavy atom. The van der Waals surface area contributed by atoms with Gasteiger partial charge in [0.15, 0.2) is 5.79 Å². The highest BCUT2D eigenvalue weighted by Gasteiger charge is 2.22. The van der Waals surface area contributed by atoms with Crippen molar-refractivity contribution in [3.8, 4) is 0 Å². The second-order valence-corrected chi connectivity index (χ2v) is 4.75. The number of rotatable bonds is 3. The van der Waals surface area contributed by atoms with E-state index in [0.29, 0.717) is 12.5 Å². The van der Waals surface area contributed by atoms with Crippen molar-refractivity contribution < 1.29 is 24.1 Å². The maximum absolute atomic E-state index is 10.4. The number of carbonyl (C=O) groups is 1. The molecule has 1 rings (SSSR count). The van der Waals surface area contributed by atoms with Gasteiger partial charge in [-0.15, -0.1) is 0 Å². The monoisotopic (exact) mass is 248 g/mol. The van der Waals surface area contributed by atoms with Crippen molar-refractivity contribution in [3.05, 3.63) is 0 Å². The first-order chi connectivity index (χ1) is 7.74. The fraction of sp³-hybridized carbons (Fsp3) is 0.917. The number of ether oxygens (including phenoxy) is 3. The van der Waals surface area contributed by atoms with Crippen molar-refractivity contribution in [2.75, 3.05) is 20.3 Å². The van der Waals surface area contributed by atoms with Crippen LogP contribution in [-0.2, 0) is 19.0 Å². The van der Waals surface area contributed by atoms with Gasteiger partial charge in [0, 0.05) is 20.6 Å². The zero-order chi connectivity index (χ0) is 13.5. The molecule has 0 aliphatic carbocycles. The molecule has 1 unspecified atom stereocenters. The molecule has 2 atom stereocenters. The Bertz CT molecular complexity index is 221. The largest absolute Gasteiger partial charge is 0.463 e. The molecule has 1 fully saturated rings. The van der Waals surface area contributed by atoms with E-state index in [4.69, 9.17) is 14.6 Å². The van der Waals surface area contributed by atoms with Gasteiger partial charge in [-0.3, -0.25) is 4.79 Å². The second-order valence-electron chi connectivity index (χ2n) is 4.75. The van der Waals surface area contributed by atoms with Gasteiger partial charge in [-0.1, -0.05) is 6.92 Å². The van der Waals surface area contributed by atoms with Crippen LogP contribution in [0.2, 0.25) is 0 Å². The van der Waals surface area contributed by atoms with Crippen molar-refractivity contribution in [2.24, 2.45) is 5.92 Å². The van der Waals surface area contributed by atoms with Crippen LogP contribution in [0.5, 0.6) is 0 Å². The van der Waals surface area contributed by atoms with Gasteiger partial charge in [-0.2, -0.15) is 0 Å². The van der Waals surface area contributed by atoms with Crippen LogP contribution in [0.3, 0.4) is 0 Å². The Kier molecular flexibility index (Phi) is 7.34. The normalized spacial score (nSPS) is 23.9. The molecule has 0 spiro atoms. The lowest BCUT2D eigenvalue weighted by molar-refractivity contribution is -0.155. The Morgan fingerprint density at radius 1 is 1.53 bits per heavy atom. The van der Waals surface area contributed by atoms with Crippen molar-refractivity contribution in [1.82, 2.24) is 0 Å². The van der Waals surface area contributed by atoms with Gasteiger partial charge >= 0.3 is 5.97 Å². The Labute approximate surface area is 103 Å². The van der Waals surface area contributed by atoms with Crippen molar-refractivity contribution in [2.45, 2.75) is 46.0 Å². The van der Waals surface area contributed by atoms with Crippen LogP contribution in [0, 0.1) is 5.92 Å². The highest BCUT2D eigenvalue weighted by molar-refractivity contribution is 5.65. The van der Waals surface area contributed by atoms with Crippen molar-refractivity contribution >= 4 is 5.97 Å². The Hall–Kier alpha value is -0.650. The molecule has 1 aliphatic rings. The van der Waals surface area contributed by atoms with Crippen LogP contribution < -0.4 is 0 Å². The molecule has 1 aliphatic heterocycles. The predicted octanol–water partition coefficient (Wildman–Crippen LogP) is 1.34. The quantitative estimate of drug-likeness (QED) is 0.603. The molecule has 0 aromatic heterocycles. The van der Waals surface area contributed by atoms with E-state index in [0.717, 1.165) is 13.0 Å². The molecule has 0 saturated carbocycles. The molecule has 1 N–H and O–H groups in total. The number of esters is 1. The van der Waals surface area contributed by atoms with E-state index in [1.165, 1.54) is 14.0 Å². The summed E-state index contributed by atoms with van der Waals surface area (Å²) in [6.45, 7) is 7.91. The van der Waals surface area contributed by atoms with E-state index in [-0.39, 0.29) is 12.1 Å². The zero-order valence-corrected chi connectivity index (χ0v) is 11.4. The van der Waals surface area contributed by atoms with Crippen molar-refractivity contribution in [3.63, 3.8) is 0 Å². The van der Waals surface area contributed by atoms with Crippen molar-refractivity contribution in [1.29, 1.82) is 0 Å². The van der Waals surface area contributed by atoms with Crippen LogP contribution >= 0.6 is 0 Å². The lowest BCUT2D eigenvalue weighted by Gasteiger charge is -2.12. The number of hydrogen-bond acceptors (Lipinski definition) is 5. The molecule has 102 valence electrons. The van der Waals surface area contributed by atoms with Gasteiger partial charge in [-0.25, -0.2) is 0 Å². The van der Waals surface area contributed by atoms with E-state index in [2.05, 4.69) is 11.7 Å². The molecular formula is C12H24O5. The first kappa shape index (κ1) is 16.4. The zero-order valence-electron chi connectivity index (χ0n) is 11.4. The van der Waals surface area contributed by atoms with Gasteiger partial charge in [0.1, 0.15) is 6.61 Å². The van der Waals surface area contributed by atoms with E-state index in [9.17, 15) is 4.79 Å². The minimum atomic E-state index is -0.958. The summed E-state index contributed by atoms with van der Waals surface area (Å²) in [6, 6.07) is 0. The smallest absolute Gasteiger partial charge is 0.302 e. The Morgan fingerprint density at radius 3 is 2.35 bits per heavy atom. The van der Waals surface area contributed by atoms with E-state index in [1.807, 2.05) is 0 Å². The van der Waals surface area contributed by atoms with Crippen LogP contribution in [0.15, 0.2) is 0 Å². The highest BCUT2D eigenvalue weighted by atomic mass is 16.6. The molecule has 0 aromatic carbocycles. The molecule has 5 nitrogen and oxygen atoms in total. The van der Waals surface area contributed by atoms with Gasteiger partial charge in [0.2, 0.25) is 0 Å². The summed E-state index contributed by atoms with van der Waals surface area (Å²) in [4.78, 5) is 10.4. The molecule has 0 radical (unpaired) electrons. The topological polar surface area (TPSA) is 65.0 Å². The lowest BCUT2D eigenvalue weighted by atomic mass is 10.1. The molecule has 1 heterocycles. The molecular weight excluding hydrogens is 224 g/mol. The predicted molar refractivity (Wildman–Crippen MR) is 63.5 cm³/mol. The summed E-state index contributed by atoms with van der Waals surface area (Å²) < 4.78 is 14.6. The third-order valence-electron chi connectivity index (χ3n) is 2.25. The van der Waals surface area contributed by atoms with Gasteiger partial charge in [-0.05, 0) is 26.2 Å². The van der Waals surface area contributed by atoms with Crippen LogP contribution in [0.1, 0.15) is 34.1 Å². The summed E-state index contributed by atoms with van der Waals surface area (Å²) in [5, 5.41) is 8.60. The summed E-state index contributed by atoms with van der Waals surface area (Å²) in [7, 11) is 1.46. The summed E-state index contributed by atoms with van der Waals surface area (Å²) in [6.07, 6.45) is 1.14. The van der Waals surface area contributed by atoms with E-state index < -0.39 is 5.79 Å². The minimum Gasteiger partial charge on any atom is -0.463 e. The van der Waals surface area contributed by atoms with Crippen LogP contribution in [-0.4, -0.2) is 43.3 Å². The summed E-state index contributed by atoms with van der Waals surface area (Å²) in [5.74, 6) is -0.580. The molecule has 0 bridgehead atoms. The maximum Gasteiger partial charge on any atom is 0.302 e. The molecule has 1 saturated heterocycles. The highest BCUT2D eigenvalue weighted by Crippen LogP contribution is 2.18. The van der Waals surface area contributed by atoms with Gasteiger partial charge in [0.25, 0.3) is 0 Å². The SMILES string of the molecule is CC(=O)OC[C@@H]1CC(C)CO1.COC(C)(C)O. The van der Waals surface area contributed by atoms with Gasteiger partial charge < -0.3 is 19.3 Å². The number of carbonyl (C=O) groups excluding carboxylic acids is 1. The first-order valence-corrected chi connectivity index (χ1v) is 5.77. The third-order valence-corrected chi connectivity index (χ3v) is 2.25. The number of aliphatic hydroxyl groups is 1. The fourth-order valence-electron chi connectivity index (χ4n) is 1.21. The summed E-state index contributed by atoms with van der Waals surface area (Å²) >= 11 is 0. The average molecular weight is 248 g/mol.